The molecule has 2 heterocycles. The number of hydrogen-bond acceptors (Lipinski definition) is 4. The van der Waals surface area contributed by atoms with Crippen molar-refractivity contribution in [2.45, 2.75) is 46.1 Å². The number of aromatic nitrogens is 3. The second-order valence-corrected chi connectivity index (χ2v) is 5.44. The molecule has 0 radical (unpaired) electrons. The van der Waals surface area contributed by atoms with Crippen molar-refractivity contribution in [1.82, 2.24) is 25.0 Å². The highest BCUT2D eigenvalue weighted by Crippen LogP contribution is 2.10. The normalized spacial score (nSPS) is 18.2. The van der Waals surface area contributed by atoms with Crippen LogP contribution in [0.1, 0.15) is 50.1 Å². The number of piperazine rings is 1. The van der Waals surface area contributed by atoms with E-state index in [4.69, 9.17) is 0 Å². The molecule has 1 N–H and O–H groups in total. The minimum absolute atomic E-state index is 0.0487. The van der Waals surface area contributed by atoms with Crippen LogP contribution in [-0.2, 0) is 6.42 Å². The van der Waals surface area contributed by atoms with E-state index in [9.17, 15) is 4.79 Å². The Morgan fingerprint density at radius 1 is 1.30 bits per heavy atom. The van der Waals surface area contributed by atoms with Crippen molar-refractivity contribution >= 4 is 5.91 Å². The van der Waals surface area contributed by atoms with Crippen LogP contribution in [0.25, 0.3) is 0 Å². The summed E-state index contributed by atoms with van der Waals surface area (Å²) < 4.78 is 0. The lowest BCUT2D eigenvalue weighted by Crippen LogP contribution is -2.51. The molecule has 20 heavy (non-hydrogen) atoms. The molecule has 1 aliphatic heterocycles. The number of nitrogens with zero attached hydrogens (tertiary/aromatic N) is 4. The Hall–Kier alpha value is -1.43. The summed E-state index contributed by atoms with van der Waals surface area (Å²) in [6.45, 7) is 9.93. The van der Waals surface area contributed by atoms with Crippen LogP contribution >= 0.6 is 0 Å². The number of nitrogens with one attached hydrogen (secondary N) is 1. The van der Waals surface area contributed by atoms with Crippen molar-refractivity contribution in [3.8, 4) is 0 Å². The van der Waals surface area contributed by atoms with E-state index in [1.165, 1.54) is 0 Å². The first-order chi connectivity index (χ1) is 9.65. The maximum absolute atomic E-state index is 12.3. The van der Waals surface area contributed by atoms with Crippen molar-refractivity contribution < 1.29 is 4.79 Å². The minimum Gasteiger partial charge on any atom is -0.333 e. The van der Waals surface area contributed by atoms with Gasteiger partial charge in [0.25, 0.3) is 5.91 Å². The van der Waals surface area contributed by atoms with Crippen molar-refractivity contribution in [3.63, 3.8) is 0 Å². The van der Waals surface area contributed by atoms with Crippen LogP contribution in [0.15, 0.2) is 0 Å². The van der Waals surface area contributed by atoms with E-state index in [1.54, 1.807) is 0 Å². The van der Waals surface area contributed by atoms with Crippen LogP contribution in [0.3, 0.4) is 0 Å². The summed E-state index contributed by atoms with van der Waals surface area (Å²) in [6, 6.07) is 0.590. The van der Waals surface area contributed by atoms with E-state index in [1.807, 2.05) is 4.90 Å². The van der Waals surface area contributed by atoms with Crippen molar-refractivity contribution in [1.29, 1.82) is 0 Å². The van der Waals surface area contributed by atoms with Gasteiger partial charge in [-0.3, -0.25) is 14.8 Å². The summed E-state index contributed by atoms with van der Waals surface area (Å²) in [6.07, 6.45) is 2.98. The molecule has 1 aromatic heterocycles. The molecule has 1 fully saturated rings. The quantitative estimate of drug-likeness (QED) is 0.882. The molecule has 6 heteroatoms. The molecule has 0 saturated carbocycles. The summed E-state index contributed by atoms with van der Waals surface area (Å²) in [4.78, 5) is 20.9. The van der Waals surface area contributed by atoms with Gasteiger partial charge in [-0.1, -0.05) is 13.8 Å². The van der Waals surface area contributed by atoms with Gasteiger partial charge in [0, 0.05) is 38.6 Å². The second-order valence-electron chi connectivity index (χ2n) is 5.44. The smallest absolute Gasteiger partial charge is 0.293 e. The molecule has 112 valence electrons. The fourth-order valence-electron chi connectivity index (χ4n) is 2.50. The predicted molar refractivity (Wildman–Crippen MR) is 77.6 cm³/mol. The summed E-state index contributed by atoms with van der Waals surface area (Å²) in [7, 11) is 0. The largest absolute Gasteiger partial charge is 0.333 e. The topological polar surface area (TPSA) is 65.1 Å². The molecule has 1 aromatic rings. The number of rotatable bonds is 5. The monoisotopic (exact) mass is 279 g/mol. The molecule has 2 rings (SSSR count). The van der Waals surface area contributed by atoms with Crippen LogP contribution in [0.5, 0.6) is 0 Å². The zero-order valence-electron chi connectivity index (χ0n) is 12.7. The summed E-state index contributed by atoms with van der Waals surface area (Å²) >= 11 is 0. The van der Waals surface area contributed by atoms with E-state index < -0.39 is 0 Å². The highest BCUT2D eigenvalue weighted by atomic mass is 16.2. The number of carbonyl (C=O) groups is 1. The average Bonchev–Trinajstić information content (AvgIpc) is 2.95. The summed E-state index contributed by atoms with van der Waals surface area (Å²) in [5.74, 6) is 1.06. The molecule has 1 amide bonds. The Morgan fingerprint density at radius 3 is 2.60 bits per heavy atom. The lowest BCUT2D eigenvalue weighted by atomic mass is 10.2. The number of aromatic amines is 1. The van der Waals surface area contributed by atoms with E-state index in [0.717, 1.165) is 51.3 Å². The SMILES string of the molecule is CCCc1nc(C(=O)N2CCN(C(C)CC)CC2)n[nH]1. The fraction of sp³-hybridized carbons (Fsp3) is 0.786. The Labute approximate surface area is 120 Å². The van der Waals surface area contributed by atoms with Gasteiger partial charge in [0.2, 0.25) is 5.82 Å². The maximum Gasteiger partial charge on any atom is 0.293 e. The summed E-state index contributed by atoms with van der Waals surface area (Å²) in [5.41, 5.74) is 0. The third-order valence-electron chi connectivity index (χ3n) is 4.03. The van der Waals surface area contributed by atoms with Gasteiger partial charge in [0.1, 0.15) is 5.82 Å². The number of aryl methyl sites for hydroxylation is 1. The molecule has 0 aromatic carbocycles. The minimum atomic E-state index is -0.0487. The van der Waals surface area contributed by atoms with Crippen molar-refractivity contribution in [3.05, 3.63) is 11.6 Å². The third-order valence-corrected chi connectivity index (χ3v) is 4.03. The predicted octanol–water partition coefficient (Wildman–Crippen LogP) is 1.31. The lowest BCUT2D eigenvalue weighted by Gasteiger charge is -2.37. The first-order valence-electron chi connectivity index (χ1n) is 7.60. The zero-order chi connectivity index (χ0) is 14.5. The molecule has 1 aliphatic rings. The standard InChI is InChI=1S/C14H25N5O/c1-4-6-12-15-13(17-16-12)14(20)19-9-7-18(8-10-19)11(3)5-2/h11H,4-10H2,1-3H3,(H,15,16,17). The molecular weight excluding hydrogens is 254 g/mol. The molecule has 6 nitrogen and oxygen atoms in total. The number of carbonyl (C=O) groups excluding carboxylic acids is 1. The van der Waals surface area contributed by atoms with Crippen LogP contribution in [0, 0.1) is 0 Å². The Bertz CT molecular complexity index is 437. The molecule has 1 atom stereocenters. The van der Waals surface area contributed by atoms with Gasteiger partial charge in [0.15, 0.2) is 0 Å². The van der Waals surface area contributed by atoms with Crippen LogP contribution in [0.4, 0.5) is 0 Å². The first kappa shape index (κ1) is 15.0. The van der Waals surface area contributed by atoms with Gasteiger partial charge in [-0.15, -0.1) is 5.10 Å². The van der Waals surface area contributed by atoms with E-state index in [-0.39, 0.29) is 5.91 Å². The van der Waals surface area contributed by atoms with Gasteiger partial charge in [0.05, 0.1) is 0 Å². The van der Waals surface area contributed by atoms with Crippen LogP contribution in [-0.4, -0.2) is 63.1 Å². The number of hydrogen-bond donors (Lipinski definition) is 1. The molecule has 1 unspecified atom stereocenters. The molecule has 0 aliphatic carbocycles. The van der Waals surface area contributed by atoms with Gasteiger partial charge in [-0.2, -0.15) is 0 Å². The zero-order valence-corrected chi connectivity index (χ0v) is 12.7. The Kier molecular flexibility index (Phi) is 5.11. The average molecular weight is 279 g/mol. The third kappa shape index (κ3) is 3.36. The van der Waals surface area contributed by atoms with Gasteiger partial charge >= 0.3 is 0 Å². The molecule has 0 bridgehead atoms. The Morgan fingerprint density at radius 2 is 2.00 bits per heavy atom. The summed E-state index contributed by atoms with van der Waals surface area (Å²) in [5, 5.41) is 6.88. The number of H-pyrrole nitrogens is 1. The van der Waals surface area contributed by atoms with Gasteiger partial charge in [-0.25, -0.2) is 4.98 Å². The highest BCUT2D eigenvalue weighted by molar-refractivity contribution is 5.90. The maximum atomic E-state index is 12.3. The lowest BCUT2D eigenvalue weighted by molar-refractivity contribution is 0.0568. The Balaban J connectivity index is 1.90. The van der Waals surface area contributed by atoms with E-state index >= 15 is 0 Å². The van der Waals surface area contributed by atoms with Crippen LogP contribution in [0.2, 0.25) is 0 Å². The van der Waals surface area contributed by atoms with Gasteiger partial charge in [-0.05, 0) is 19.8 Å². The molecular formula is C14H25N5O. The van der Waals surface area contributed by atoms with E-state index in [0.29, 0.717) is 11.9 Å². The molecule has 1 saturated heterocycles. The van der Waals surface area contributed by atoms with Crippen LogP contribution < -0.4 is 0 Å². The highest BCUT2D eigenvalue weighted by Gasteiger charge is 2.26. The van der Waals surface area contributed by atoms with Gasteiger partial charge < -0.3 is 4.90 Å². The van der Waals surface area contributed by atoms with Crippen molar-refractivity contribution in [2.24, 2.45) is 0 Å². The first-order valence-corrected chi connectivity index (χ1v) is 7.60. The van der Waals surface area contributed by atoms with E-state index in [2.05, 4.69) is 40.9 Å². The number of amides is 1. The fourth-order valence-corrected chi connectivity index (χ4v) is 2.50. The molecule has 0 spiro atoms. The van der Waals surface area contributed by atoms with Crippen molar-refractivity contribution in [2.75, 3.05) is 26.2 Å². The second kappa shape index (κ2) is 6.83.